The predicted molar refractivity (Wildman–Crippen MR) is 103 cm³/mol. The van der Waals surface area contributed by atoms with Crippen molar-refractivity contribution >= 4 is 34.7 Å². The largest absolute Gasteiger partial charge is 0.343 e. The van der Waals surface area contributed by atoms with Gasteiger partial charge in [-0.1, -0.05) is 20.8 Å². The van der Waals surface area contributed by atoms with Gasteiger partial charge < -0.3 is 4.98 Å². The number of aromatic amines is 2. The zero-order valence-electron chi connectivity index (χ0n) is 15.1. The van der Waals surface area contributed by atoms with Crippen LogP contribution in [-0.2, 0) is 10.5 Å². The standard InChI is InChI=1S/C18H21N5O2S/c1-10-12(9-26-11-5-7-19-8-6-11)13-14(20-10)21-17(22-15(13)24)23-16(25)18(2,3)4/h5-8H,9H2,1-4H3,(H3,20,21,22,23,24,25). The van der Waals surface area contributed by atoms with E-state index in [1.54, 1.807) is 44.9 Å². The van der Waals surface area contributed by atoms with Gasteiger partial charge in [0.2, 0.25) is 11.9 Å². The van der Waals surface area contributed by atoms with E-state index in [9.17, 15) is 9.59 Å². The first-order valence-electron chi connectivity index (χ1n) is 8.21. The lowest BCUT2D eigenvalue weighted by Crippen LogP contribution is -2.29. The third-order valence-electron chi connectivity index (χ3n) is 3.93. The van der Waals surface area contributed by atoms with Crippen LogP contribution in [0, 0.1) is 12.3 Å². The van der Waals surface area contributed by atoms with Crippen LogP contribution in [0.15, 0.2) is 34.2 Å². The Kier molecular flexibility index (Phi) is 4.86. The maximum atomic E-state index is 12.6. The third-order valence-corrected chi connectivity index (χ3v) is 4.96. The van der Waals surface area contributed by atoms with Crippen molar-refractivity contribution < 1.29 is 4.79 Å². The highest BCUT2D eigenvalue weighted by atomic mass is 32.2. The molecular weight excluding hydrogens is 350 g/mol. The SMILES string of the molecule is Cc1[nH]c2nc(NC(=O)C(C)(C)C)[nH]c(=O)c2c1CSc1ccncc1. The number of aryl methyl sites for hydroxylation is 1. The highest BCUT2D eigenvalue weighted by Crippen LogP contribution is 2.27. The van der Waals surface area contributed by atoms with Crippen LogP contribution in [0.4, 0.5) is 5.95 Å². The molecule has 7 nitrogen and oxygen atoms in total. The molecule has 0 aliphatic carbocycles. The minimum atomic E-state index is -0.578. The molecule has 0 saturated heterocycles. The summed E-state index contributed by atoms with van der Waals surface area (Å²) in [6, 6.07) is 3.86. The minimum absolute atomic E-state index is 0.150. The Morgan fingerprint density at radius 2 is 1.92 bits per heavy atom. The first-order valence-corrected chi connectivity index (χ1v) is 9.20. The normalized spacial score (nSPS) is 11.7. The Balaban J connectivity index is 1.91. The highest BCUT2D eigenvalue weighted by molar-refractivity contribution is 7.98. The summed E-state index contributed by atoms with van der Waals surface area (Å²) in [6.45, 7) is 7.31. The maximum Gasteiger partial charge on any atom is 0.262 e. The topological polar surface area (TPSA) is 104 Å². The van der Waals surface area contributed by atoms with Crippen molar-refractivity contribution in [1.82, 2.24) is 19.9 Å². The Bertz CT molecular complexity index is 1000. The average Bonchev–Trinajstić information content (AvgIpc) is 2.88. The summed E-state index contributed by atoms with van der Waals surface area (Å²) in [6.07, 6.45) is 3.48. The maximum absolute atomic E-state index is 12.6. The van der Waals surface area contributed by atoms with E-state index in [-0.39, 0.29) is 17.4 Å². The van der Waals surface area contributed by atoms with Crippen LogP contribution in [0.5, 0.6) is 0 Å². The summed E-state index contributed by atoms with van der Waals surface area (Å²) < 4.78 is 0. The molecule has 0 unspecified atom stereocenters. The van der Waals surface area contributed by atoms with Gasteiger partial charge in [0.15, 0.2) is 0 Å². The monoisotopic (exact) mass is 371 g/mol. The molecule has 3 rings (SSSR count). The molecule has 0 bridgehead atoms. The number of carbonyl (C=O) groups is 1. The van der Waals surface area contributed by atoms with E-state index >= 15 is 0 Å². The van der Waals surface area contributed by atoms with Gasteiger partial charge in [0.05, 0.1) is 5.39 Å². The molecule has 3 aromatic rings. The van der Waals surface area contributed by atoms with Crippen LogP contribution in [-0.4, -0.2) is 25.8 Å². The first-order chi connectivity index (χ1) is 12.3. The fourth-order valence-electron chi connectivity index (χ4n) is 2.41. The Morgan fingerprint density at radius 1 is 1.23 bits per heavy atom. The number of hydrogen-bond donors (Lipinski definition) is 3. The number of nitrogens with one attached hydrogen (secondary N) is 3. The van der Waals surface area contributed by atoms with Gasteiger partial charge in [0.25, 0.3) is 5.56 Å². The van der Waals surface area contributed by atoms with Gasteiger partial charge in [-0.05, 0) is 24.6 Å². The Morgan fingerprint density at radius 3 is 2.58 bits per heavy atom. The van der Waals surface area contributed by atoms with Gasteiger partial charge in [-0.25, -0.2) is 0 Å². The molecule has 0 saturated carbocycles. The molecule has 0 fully saturated rings. The van der Waals surface area contributed by atoms with Gasteiger partial charge in [0.1, 0.15) is 5.65 Å². The summed E-state index contributed by atoms with van der Waals surface area (Å²) in [5.74, 6) is 0.572. The summed E-state index contributed by atoms with van der Waals surface area (Å²) in [5, 5.41) is 3.19. The number of hydrogen-bond acceptors (Lipinski definition) is 5. The van der Waals surface area contributed by atoms with Gasteiger partial charge in [-0.3, -0.25) is 24.9 Å². The molecule has 0 aliphatic rings. The van der Waals surface area contributed by atoms with E-state index in [0.717, 1.165) is 16.2 Å². The van der Waals surface area contributed by atoms with Gasteiger partial charge in [-0.2, -0.15) is 4.98 Å². The lowest BCUT2D eigenvalue weighted by molar-refractivity contribution is -0.123. The van der Waals surface area contributed by atoms with Crippen LogP contribution >= 0.6 is 11.8 Å². The molecule has 136 valence electrons. The number of nitrogens with zero attached hydrogens (tertiary/aromatic N) is 2. The van der Waals surface area contributed by atoms with Crippen molar-refractivity contribution in [3.05, 3.63) is 46.1 Å². The number of amides is 1. The van der Waals surface area contributed by atoms with E-state index < -0.39 is 5.41 Å². The zero-order chi connectivity index (χ0) is 18.9. The number of rotatable bonds is 4. The number of H-pyrrole nitrogens is 2. The van der Waals surface area contributed by atoms with Crippen molar-refractivity contribution in [2.75, 3.05) is 5.32 Å². The second-order valence-corrected chi connectivity index (χ2v) is 8.09. The van der Waals surface area contributed by atoms with Crippen molar-refractivity contribution in [3.8, 4) is 0 Å². The Hall–Kier alpha value is -2.61. The minimum Gasteiger partial charge on any atom is -0.343 e. The lowest BCUT2D eigenvalue weighted by Gasteiger charge is -2.16. The van der Waals surface area contributed by atoms with E-state index in [1.165, 1.54) is 0 Å². The van der Waals surface area contributed by atoms with E-state index in [0.29, 0.717) is 16.8 Å². The van der Waals surface area contributed by atoms with Crippen molar-refractivity contribution in [1.29, 1.82) is 0 Å². The van der Waals surface area contributed by atoms with Crippen LogP contribution < -0.4 is 10.9 Å². The van der Waals surface area contributed by atoms with Crippen LogP contribution in [0.1, 0.15) is 32.0 Å². The van der Waals surface area contributed by atoms with Crippen LogP contribution in [0.25, 0.3) is 11.0 Å². The number of fused-ring (bicyclic) bond motifs is 1. The summed E-state index contributed by atoms with van der Waals surface area (Å²) >= 11 is 1.62. The fraction of sp³-hybridized carbons (Fsp3) is 0.333. The molecule has 3 N–H and O–H groups in total. The molecule has 1 amide bonds. The average molecular weight is 371 g/mol. The quantitative estimate of drug-likeness (QED) is 0.611. The fourth-order valence-corrected chi connectivity index (χ4v) is 3.39. The molecule has 0 radical (unpaired) electrons. The number of aromatic nitrogens is 4. The van der Waals surface area contributed by atoms with E-state index in [2.05, 4.69) is 25.3 Å². The second-order valence-electron chi connectivity index (χ2n) is 7.04. The summed E-state index contributed by atoms with van der Waals surface area (Å²) in [5.41, 5.74) is 1.42. The number of anilines is 1. The highest BCUT2D eigenvalue weighted by Gasteiger charge is 2.23. The molecule has 3 heterocycles. The van der Waals surface area contributed by atoms with Gasteiger partial charge >= 0.3 is 0 Å². The summed E-state index contributed by atoms with van der Waals surface area (Å²) in [7, 11) is 0. The Labute approximate surface area is 155 Å². The third kappa shape index (κ3) is 3.80. The molecule has 0 aliphatic heterocycles. The number of pyridine rings is 1. The van der Waals surface area contributed by atoms with E-state index in [4.69, 9.17) is 0 Å². The van der Waals surface area contributed by atoms with Crippen molar-refractivity contribution in [2.24, 2.45) is 5.41 Å². The molecular formula is C18H21N5O2S. The molecule has 3 aromatic heterocycles. The van der Waals surface area contributed by atoms with E-state index in [1.807, 2.05) is 19.1 Å². The molecule has 26 heavy (non-hydrogen) atoms. The number of carbonyl (C=O) groups excluding carboxylic acids is 1. The predicted octanol–water partition coefficient (Wildman–Crippen LogP) is 3.23. The van der Waals surface area contributed by atoms with Gasteiger partial charge in [-0.15, -0.1) is 11.8 Å². The zero-order valence-corrected chi connectivity index (χ0v) is 16.0. The van der Waals surface area contributed by atoms with Crippen LogP contribution in [0.3, 0.4) is 0 Å². The van der Waals surface area contributed by atoms with Crippen molar-refractivity contribution in [2.45, 2.75) is 38.3 Å². The molecule has 0 atom stereocenters. The van der Waals surface area contributed by atoms with Crippen LogP contribution in [0.2, 0.25) is 0 Å². The smallest absolute Gasteiger partial charge is 0.262 e. The first kappa shape index (κ1) is 18.2. The van der Waals surface area contributed by atoms with Gasteiger partial charge in [0, 0.05) is 34.2 Å². The molecule has 8 heteroatoms. The van der Waals surface area contributed by atoms with Crippen molar-refractivity contribution in [3.63, 3.8) is 0 Å². The lowest BCUT2D eigenvalue weighted by atomic mass is 9.96. The second kappa shape index (κ2) is 6.95. The molecule has 0 spiro atoms. The number of thioether (sulfide) groups is 1. The molecule has 0 aromatic carbocycles. The summed E-state index contributed by atoms with van der Waals surface area (Å²) in [4.78, 5) is 40.0.